The Kier molecular flexibility index (Phi) is 7.09. The molecule has 0 saturated heterocycles. The van der Waals surface area contributed by atoms with Gasteiger partial charge in [-0.2, -0.15) is 0 Å². The number of hydrogen-bond donors (Lipinski definition) is 2. The lowest BCUT2D eigenvalue weighted by Crippen LogP contribution is -3.05. The Morgan fingerprint density at radius 3 is 2.62 bits per heavy atom. The molecule has 0 atom stereocenters. The first-order valence-electron chi connectivity index (χ1n) is 8.10. The van der Waals surface area contributed by atoms with Crippen molar-refractivity contribution in [1.29, 1.82) is 0 Å². The Bertz CT molecular complexity index is 660. The molecule has 0 spiro atoms. The zero-order valence-corrected chi connectivity index (χ0v) is 14.9. The van der Waals surface area contributed by atoms with Crippen LogP contribution in [0.2, 0.25) is 5.02 Å². The van der Waals surface area contributed by atoms with Crippen LogP contribution in [-0.2, 0) is 6.61 Å². The van der Waals surface area contributed by atoms with E-state index in [1.165, 1.54) is 4.90 Å². The molecule has 0 aliphatic heterocycles. The van der Waals surface area contributed by atoms with Crippen LogP contribution in [0.1, 0.15) is 22.3 Å². The van der Waals surface area contributed by atoms with Crippen molar-refractivity contribution in [2.75, 3.05) is 27.2 Å². The van der Waals surface area contributed by atoms with Gasteiger partial charge in [0.05, 0.1) is 26.2 Å². The van der Waals surface area contributed by atoms with Gasteiger partial charge in [-0.1, -0.05) is 41.9 Å². The summed E-state index contributed by atoms with van der Waals surface area (Å²) in [7, 11) is 4.18. The fraction of sp³-hybridized carbons (Fsp3) is 0.316. The standard InChI is InChI=1S/C19H23ClN2O2/c1-22(2)12-6-11-21-19(23)17-13-16(20)9-10-18(17)24-14-15-7-4-3-5-8-15/h3-5,7-10,13H,6,11-12,14H2,1-2H3,(H,21,23)/p+1. The topological polar surface area (TPSA) is 42.8 Å². The van der Waals surface area contributed by atoms with E-state index < -0.39 is 0 Å². The normalized spacial score (nSPS) is 10.7. The molecule has 2 rings (SSSR count). The van der Waals surface area contributed by atoms with E-state index in [1.807, 2.05) is 30.3 Å². The molecule has 2 N–H and O–H groups in total. The van der Waals surface area contributed by atoms with Crippen LogP contribution in [-0.4, -0.2) is 33.1 Å². The number of quaternary nitrogens is 1. The molecule has 0 aliphatic carbocycles. The second kappa shape index (κ2) is 9.30. The summed E-state index contributed by atoms with van der Waals surface area (Å²) >= 11 is 6.04. The average Bonchev–Trinajstić information content (AvgIpc) is 2.58. The van der Waals surface area contributed by atoms with E-state index in [0.29, 0.717) is 29.5 Å². The second-order valence-corrected chi connectivity index (χ2v) is 6.42. The molecule has 2 aromatic rings. The van der Waals surface area contributed by atoms with Crippen LogP contribution in [0.3, 0.4) is 0 Å². The largest absolute Gasteiger partial charge is 0.488 e. The molecule has 0 radical (unpaired) electrons. The van der Waals surface area contributed by atoms with Gasteiger partial charge >= 0.3 is 0 Å². The maximum atomic E-state index is 12.4. The molecule has 0 aliphatic rings. The minimum atomic E-state index is -0.158. The molecule has 5 heteroatoms. The predicted molar refractivity (Wildman–Crippen MR) is 96.9 cm³/mol. The summed E-state index contributed by atoms with van der Waals surface area (Å²) in [5, 5.41) is 3.45. The first kappa shape index (κ1) is 18.3. The Balaban J connectivity index is 2.00. The van der Waals surface area contributed by atoms with E-state index in [2.05, 4.69) is 19.4 Å². The molecule has 0 fully saturated rings. The highest BCUT2D eigenvalue weighted by molar-refractivity contribution is 6.31. The average molecular weight is 348 g/mol. The molecule has 2 aromatic carbocycles. The fourth-order valence-electron chi connectivity index (χ4n) is 2.28. The van der Waals surface area contributed by atoms with Gasteiger partial charge in [-0.15, -0.1) is 0 Å². The highest BCUT2D eigenvalue weighted by Crippen LogP contribution is 2.24. The molecule has 24 heavy (non-hydrogen) atoms. The summed E-state index contributed by atoms with van der Waals surface area (Å²) in [6.45, 7) is 2.05. The summed E-state index contributed by atoms with van der Waals surface area (Å²) < 4.78 is 5.82. The number of halogens is 1. The Morgan fingerprint density at radius 2 is 1.92 bits per heavy atom. The number of benzene rings is 2. The van der Waals surface area contributed by atoms with E-state index >= 15 is 0 Å². The van der Waals surface area contributed by atoms with E-state index in [9.17, 15) is 4.79 Å². The van der Waals surface area contributed by atoms with E-state index in [0.717, 1.165) is 18.5 Å². The molecular formula is C19H24ClN2O2+. The van der Waals surface area contributed by atoms with Crippen LogP contribution < -0.4 is 15.0 Å². The van der Waals surface area contributed by atoms with Crippen molar-refractivity contribution < 1.29 is 14.4 Å². The van der Waals surface area contributed by atoms with E-state index in [1.54, 1.807) is 18.2 Å². The van der Waals surface area contributed by atoms with Crippen molar-refractivity contribution in [2.24, 2.45) is 0 Å². The zero-order chi connectivity index (χ0) is 17.4. The number of carbonyl (C=O) groups excluding carboxylic acids is 1. The first-order valence-corrected chi connectivity index (χ1v) is 8.47. The van der Waals surface area contributed by atoms with Gasteiger partial charge in [0, 0.05) is 18.0 Å². The van der Waals surface area contributed by atoms with Gasteiger partial charge in [0.2, 0.25) is 0 Å². The summed E-state index contributed by atoms with van der Waals surface area (Å²) in [4.78, 5) is 13.8. The summed E-state index contributed by atoms with van der Waals surface area (Å²) in [6.07, 6.45) is 0.925. The third-order valence-corrected chi connectivity index (χ3v) is 3.80. The molecular weight excluding hydrogens is 324 g/mol. The molecule has 0 heterocycles. The van der Waals surface area contributed by atoms with Crippen LogP contribution in [0.4, 0.5) is 0 Å². The number of nitrogens with one attached hydrogen (secondary N) is 2. The molecule has 0 unspecified atom stereocenters. The van der Waals surface area contributed by atoms with Gasteiger partial charge in [0.15, 0.2) is 0 Å². The van der Waals surface area contributed by atoms with Crippen LogP contribution in [0.5, 0.6) is 5.75 Å². The number of ether oxygens (including phenoxy) is 1. The number of hydrogen-bond acceptors (Lipinski definition) is 2. The van der Waals surface area contributed by atoms with Crippen LogP contribution in [0.15, 0.2) is 48.5 Å². The summed E-state index contributed by atoms with van der Waals surface area (Å²) in [5.74, 6) is 0.383. The quantitative estimate of drug-likeness (QED) is 0.719. The second-order valence-electron chi connectivity index (χ2n) is 5.98. The SMILES string of the molecule is C[NH+](C)CCCNC(=O)c1cc(Cl)ccc1OCc1ccccc1. The van der Waals surface area contributed by atoms with E-state index in [4.69, 9.17) is 16.3 Å². The maximum absolute atomic E-state index is 12.4. The smallest absolute Gasteiger partial charge is 0.255 e. The minimum Gasteiger partial charge on any atom is -0.488 e. The fourth-order valence-corrected chi connectivity index (χ4v) is 2.45. The maximum Gasteiger partial charge on any atom is 0.255 e. The third-order valence-electron chi connectivity index (χ3n) is 3.56. The van der Waals surface area contributed by atoms with E-state index in [-0.39, 0.29) is 5.91 Å². The third kappa shape index (κ3) is 5.87. The molecule has 0 saturated carbocycles. The number of carbonyl (C=O) groups is 1. The lowest BCUT2D eigenvalue weighted by Gasteiger charge is -2.13. The lowest BCUT2D eigenvalue weighted by atomic mass is 10.1. The van der Waals surface area contributed by atoms with Gasteiger partial charge in [-0.05, 0) is 23.8 Å². The molecule has 0 bridgehead atoms. The first-order chi connectivity index (χ1) is 11.6. The monoisotopic (exact) mass is 347 g/mol. The van der Waals surface area contributed by atoms with Gasteiger partial charge < -0.3 is 15.0 Å². The summed E-state index contributed by atoms with van der Waals surface area (Å²) in [5.41, 5.74) is 1.52. The number of amides is 1. The lowest BCUT2D eigenvalue weighted by molar-refractivity contribution is -0.858. The van der Waals surface area contributed by atoms with Crippen molar-refractivity contribution in [3.05, 3.63) is 64.7 Å². The highest BCUT2D eigenvalue weighted by Gasteiger charge is 2.13. The zero-order valence-electron chi connectivity index (χ0n) is 14.1. The van der Waals surface area contributed by atoms with Crippen LogP contribution >= 0.6 is 11.6 Å². The Hall–Kier alpha value is -2.04. The summed E-state index contributed by atoms with van der Waals surface area (Å²) in [6, 6.07) is 15.0. The molecule has 4 nitrogen and oxygen atoms in total. The van der Waals surface area contributed by atoms with Crippen LogP contribution in [0, 0.1) is 0 Å². The van der Waals surface area contributed by atoms with Crippen molar-refractivity contribution >= 4 is 17.5 Å². The molecule has 1 amide bonds. The Labute approximate surface area is 148 Å². The van der Waals surface area contributed by atoms with Crippen molar-refractivity contribution in [3.8, 4) is 5.75 Å². The highest BCUT2D eigenvalue weighted by atomic mass is 35.5. The Morgan fingerprint density at radius 1 is 1.17 bits per heavy atom. The van der Waals surface area contributed by atoms with Gasteiger partial charge in [-0.25, -0.2) is 0 Å². The van der Waals surface area contributed by atoms with Gasteiger partial charge in [-0.3, -0.25) is 4.79 Å². The van der Waals surface area contributed by atoms with Crippen molar-refractivity contribution in [3.63, 3.8) is 0 Å². The predicted octanol–water partition coefficient (Wildman–Crippen LogP) is 2.18. The molecule has 128 valence electrons. The minimum absolute atomic E-state index is 0.158. The number of rotatable bonds is 8. The van der Waals surface area contributed by atoms with Crippen molar-refractivity contribution in [1.82, 2.24) is 5.32 Å². The molecule has 0 aromatic heterocycles. The van der Waals surface area contributed by atoms with Gasteiger partial charge in [0.1, 0.15) is 12.4 Å². The van der Waals surface area contributed by atoms with Crippen molar-refractivity contribution in [2.45, 2.75) is 13.0 Å². The van der Waals surface area contributed by atoms with Crippen LogP contribution in [0.25, 0.3) is 0 Å². The van der Waals surface area contributed by atoms with Gasteiger partial charge in [0.25, 0.3) is 5.91 Å².